The highest BCUT2D eigenvalue weighted by Gasteiger charge is 2.22. The molecule has 1 aliphatic heterocycles. The maximum absolute atomic E-state index is 12.8. The maximum atomic E-state index is 12.8. The smallest absolute Gasteiger partial charge is 0.291 e. The van der Waals surface area contributed by atoms with Gasteiger partial charge in [0.15, 0.2) is 17.1 Å². The lowest BCUT2D eigenvalue weighted by Gasteiger charge is -2.29. The molecule has 6 nitrogen and oxygen atoms in total. The number of hydrogen-bond donors (Lipinski definition) is 1. The average Bonchev–Trinajstić information content (AvgIpc) is 3.28. The third kappa shape index (κ3) is 3.71. The zero-order chi connectivity index (χ0) is 22.1. The van der Waals surface area contributed by atoms with Gasteiger partial charge in [-0.15, -0.1) is 0 Å². The van der Waals surface area contributed by atoms with Gasteiger partial charge >= 0.3 is 0 Å². The highest BCUT2D eigenvalue weighted by atomic mass is 16.5. The zero-order valence-corrected chi connectivity index (χ0v) is 17.6. The number of rotatable bonds is 4. The van der Waals surface area contributed by atoms with Gasteiger partial charge in [0.05, 0.1) is 7.11 Å². The van der Waals surface area contributed by atoms with Gasteiger partial charge in [-0.05, 0) is 53.9 Å². The van der Waals surface area contributed by atoms with Crippen molar-refractivity contribution in [3.05, 3.63) is 95.2 Å². The van der Waals surface area contributed by atoms with E-state index < -0.39 is 0 Å². The first kappa shape index (κ1) is 19.9. The maximum Gasteiger partial charge on any atom is 0.291 e. The van der Waals surface area contributed by atoms with Crippen LogP contribution in [0.3, 0.4) is 0 Å². The second kappa shape index (κ2) is 8.23. The van der Waals surface area contributed by atoms with Crippen molar-refractivity contribution in [1.29, 1.82) is 0 Å². The van der Waals surface area contributed by atoms with Gasteiger partial charge in [0.25, 0.3) is 11.8 Å². The van der Waals surface area contributed by atoms with E-state index in [1.165, 1.54) is 5.56 Å². The lowest BCUT2D eigenvalue weighted by atomic mass is 9.98. The van der Waals surface area contributed by atoms with Gasteiger partial charge in [-0.3, -0.25) is 9.59 Å². The molecule has 4 aromatic rings. The van der Waals surface area contributed by atoms with Crippen LogP contribution in [0.1, 0.15) is 32.0 Å². The number of hydrogen-bond acceptors (Lipinski definition) is 4. The molecule has 3 aromatic carbocycles. The number of ether oxygens (including phenoxy) is 1. The Morgan fingerprint density at radius 1 is 0.969 bits per heavy atom. The first-order chi connectivity index (χ1) is 15.6. The minimum Gasteiger partial charge on any atom is -0.493 e. The summed E-state index contributed by atoms with van der Waals surface area (Å²) in [6.45, 7) is 1.18. The van der Waals surface area contributed by atoms with Gasteiger partial charge in [0, 0.05) is 29.7 Å². The fraction of sp³-hybridized carbons (Fsp3) is 0.154. The molecule has 0 bridgehead atoms. The van der Waals surface area contributed by atoms with Crippen LogP contribution < -0.4 is 10.1 Å². The van der Waals surface area contributed by atoms with E-state index in [2.05, 4.69) is 5.32 Å². The van der Waals surface area contributed by atoms with Crippen molar-refractivity contribution in [1.82, 2.24) is 4.90 Å². The third-order valence-electron chi connectivity index (χ3n) is 5.74. The standard InChI is InChI=1S/C26H22N2O4/c1-31-22-9-5-8-19-15-23(32-24(19)22)25(29)27-21-11-10-17-12-13-28(16-20(17)14-21)26(30)18-6-3-2-4-7-18/h2-11,14-15H,12-13,16H2,1H3,(H,27,29). The van der Waals surface area contributed by atoms with Crippen molar-refractivity contribution in [3.8, 4) is 5.75 Å². The van der Waals surface area contributed by atoms with Gasteiger partial charge < -0.3 is 19.4 Å². The van der Waals surface area contributed by atoms with E-state index >= 15 is 0 Å². The van der Waals surface area contributed by atoms with E-state index in [0.29, 0.717) is 35.7 Å². The molecule has 6 heteroatoms. The van der Waals surface area contributed by atoms with Crippen LogP contribution >= 0.6 is 0 Å². The first-order valence-corrected chi connectivity index (χ1v) is 10.5. The quantitative estimate of drug-likeness (QED) is 0.504. The number of benzene rings is 3. The number of carbonyl (C=O) groups excluding carboxylic acids is 2. The molecule has 0 radical (unpaired) electrons. The van der Waals surface area contributed by atoms with E-state index in [-0.39, 0.29) is 17.6 Å². The average molecular weight is 426 g/mol. The summed E-state index contributed by atoms with van der Waals surface area (Å²) >= 11 is 0. The number of methoxy groups -OCH3 is 1. The lowest BCUT2D eigenvalue weighted by molar-refractivity contribution is 0.0734. The predicted molar refractivity (Wildman–Crippen MR) is 122 cm³/mol. The Kier molecular flexibility index (Phi) is 5.11. The normalized spacial score (nSPS) is 13.0. The van der Waals surface area contributed by atoms with Crippen molar-refractivity contribution in [2.45, 2.75) is 13.0 Å². The number of anilines is 1. The largest absolute Gasteiger partial charge is 0.493 e. The fourth-order valence-corrected chi connectivity index (χ4v) is 4.07. The number of nitrogens with one attached hydrogen (secondary N) is 1. The Labute approximate surface area is 185 Å². The molecule has 0 fully saturated rings. The van der Waals surface area contributed by atoms with Crippen molar-refractivity contribution >= 4 is 28.5 Å². The summed E-state index contributed by atoms with van der Waals surface area (Å²) < 4.78 is 11.0. The lowest BCUT2D eigenvalue weighted by Crippen LogP contribution is -2.36. The van der Waals surface area contributed by atoms with E-state index in [9.17, 15) is 9.59 Å². The molecule has 1 aliphatic rings. The molecule has 1 aromatic heterocycles. The van der Waals surface area contributed by atoms with Crippen LogP contribution in [0, 0.1) is 0 Å². The minimum absolute atomic E-state index is 0.0157. The summed E-state index contributed by atoms with van der Waals surface area (Å²) in [4.78, 5) is 27.5. The van der Waals surface area contributed by atoms with Crippen LogP contribution in [-0.2, 0) is 13.0 Å². The number of fused-ring (bicyclic) bond motifs is 2. The molecule has 0 saturated carbocycles. The second-order valence-electron chi connectivity index (χ2n) is 7.77. The highest BCUT2D eigenvalue weighted by molar-refractivity contribution is 6.05. The van der Waals surface area contributed by atoms with Crippen molar-refractivity contribution in [2.24, 2.45) is 0 Å². The highest BCUT2D eigenvalue weighted by Crippen LogP contribution is 2.29. The van der Waals surface area contributed by atoms with Crippen LogP contribution in [0.15, 0.2) is 77.2 Å². The molecule has 2 amide bonds. The summed E-state index contributed by atoms with van der Waals surface area (Å²) in [5, 5.41) is 3.71. The predicted octanol–water partition coefficient (Wildman–Crippen LogP) is 4.89. The molecule has 1 N–H and O–H groups in total. The van der Waals surface area contributed by atoms with Crippen molar-refractivity contribution < 1.29 is 18.7 Å². The van der Waals surface area contributed by atoms with Gasteiger partial charge in [0.2, 0.25) is 0 Å². The molecule has 0 atom stereocenters. The minimum atomic E-state index is -0.337. The summed E-state index contributed by atoms with van der Waals surface area (Å²) in [5.41, 5.74) is 4.11. The summed E-state index contributed by atoms with van der Waals surface area (Å²) in [7, 11) is 1.57. The Morgan fingerprint density at radius 2 is 1.81 bits per heavy atom. The molecular formula is C26H22N2O4. The third-order valence-corrected chi connectivity index (χ3v) is 5.74. The Hall–Kier alpha value is -4.06. The van der Waals surface area contributed by atoms with Crippen LogP contribution in [-0.4, -0.2) is 30.4 Å². The Bertz CT molecular complexity index is 1310. The van der Waals surface area contributed by atoms with Gasteiger partial charge in [-0.1, -0.05) is 36.4 Å². The Balaban J connectivity index is 1.34. The number of para-hydroxylation sites is 1. The molecule has 160 valence electrons. The van der Waals surface area contributed by atoms with Gasteiger partial charge in [-0.2, -0.15) is 0 Å². The monoisotopic (exact) mass is 426 g/mol. The molecule has 32 heavy (non-hydrogen) atoms. The van der Waals surface area contributed by atoms with E-state index in [4.69, 9.17) is 9.15 Å². The Morgan fingerprint density at radius 3 is 2.62 bits per heavy atom. The summed E-state index contributed by atoms with van der Waals surface area (Å²) in [5.74, 6) is 0.472. The molecule has 0 saturated heterocycles. The topological polar surface area (TPSA) is 71.8 Å². The number of furan rings is 1. The molecule has 2 heterocycles. The molecule has 0 unspecified atom stereocenters. The van der Waals surface area contributed by atoms with Crippen molar-refractivity contribution in [3.63, 3.8) is 0 Å². The van der Waals surface area contributed by atoms with Gasteiger partial charge in [-0.25, -0.2) is 0 Å². The fourth-order valence-electron chi connectivity index (χ4n) is 4.07. The summed E-state index contributed by atoms with van der Waals surface area (Å²) in [6, 6.07) is 22.3. The molecular weight excluding hydrogens is 404 g/mol. The molecule has 0 spiro atoms. The molecule has 0 aliphatic carbocycles. The number of amides is 2. The number of carbonyl (C=O) groups is 2. The van der Waals surface area contributed by atoms with Crippen LogP contribution in [0.2, 0.25) is 0 Å². The molecule has 5 rings (SSSR count). The number of nitrogens with zero attached hydrogens (tertiary/aromatic N) is 1. The van der Waals surface area contributed by atoms with E-state index in [0.717, 1.165) is 17.4 Å². The van der Waals surface area contributed by atoms with E-state index in [1.807, 2.05) is 65.6 Å². The van der Waals surface area contributed by atoms with Crippen LogP contribution in [0.4, 0.5) is 5.69 Å². The zero-order valence-electron chi connectivity index (χ0n) is 17.6. The SMILES string of the molecule is COc1cccc2cc(C(=O)Nc3ccc4c(c3)CN(C(=O)c3ccccc3)CC4)oc12. The second-order valence-corrected chi connectivity index (χ2v) is 7.77. The summed E-state index contributed by atoms with van der Waals surface area (Å²) in [6.07, 6.45) is 0.783. The van der Waals surface area contributed by atoms with Crippen LogP contribution in [0.25, 0.3) is 11.0 Å². The van der Waals surface area contributed by atoms with Crippen molar-refractivity contribution in [2.75, 3.05) is 19.0 Å². The first-order valence-electron chi connectivity index (χ1n) is 10.5. The van der Waals surface area contributed by atoms with E-state index in [1.54, 1.807) is 19.2 Å². The van der Waals surface area contributed by atoms with Gasteiger partial charge in [0.1, 0.15) is 0 Å². The van der Waals surface area contributed by atoms with Crippen LogP contribution in [0.5, 0.6) is 5.75 Å².